The second-order valence-electron chi connectivity index (χ2n) is 10.3. The zero-order chi connectivity index (χ0) is 29.0. The van der Waals surface area contributed by atoms with Gasteiger partial charge in [0, 0.05) is 34.5 Å². The minimum Gasteiger partial charge on any atom is -0.481 e. The van der Waals surface area contributed by atoms with Gasteiger partial charge in [-0.15, -0.1) is 0 Å². The van der Waals surface area contributed by atoms with Crippen molar-refractivity contribution >= 4 is 34.5 Å². The average molecular weight is 552 g/mol. The topological polar surface area (TPSA) is 67.3 Å². The van der Waals surface area contributed by atoms with Gasteiger partial charge in [0.05, 0.1) is 6.42 Å². The maximum atomic E-state index is 13.9. The number of ketones is 1. The van der Waals surface area contributed by atoms with Gasteiger partial charge in [0.15, 0.2) is 5.78 Å². The van der Waals surface area contributed by atoms with Crippen LogP contribution >= 0.6 is 11.6 Å². The van der Waals surface area contributed by atoms with Crippen molar-refractivity contribution in [1.29, 1.82) is 0 Å². The zero-order valence-corrected chi connectivity index (χ0v) is 24.3. The molecule has 0 aliphatic heterocycles. The predicted octanol–water partition coefficient (Wildman–Crippen LogP) is 8.86. The van der Waals surface area contributed by atoms with Crippen LogP contribution in [0.3, 0.4) is 0 Å². The molecule has 0 amide bonds. The first-order chi connectivity index (χ1) is 19.1. The molecular weight excluding hydrogens is 518 g/mol. The van der Waals surface area contributed by atoms with E-state index in [1.165, 1.54) is 0 Å². The summed E-state index contributed by atoms with van der Waals surface area (Å²) in [6, 6.07) is 21.9. The quantitative estimate of drug-likeness (QED) is 0.167. The molecule has 5 heteroatoms. The van der Waals surface area contributed by atoms with Crippen LogP contribution in [0.2, 0.25) is 5.02 Å². The summed E-state index contributed by atoms with van der Waals surface area (Å²) in [6.07, 6.45) is 4.19. The van der Waals surface area contributed by atoms with Crippen LogP contribution in [0.15, 0.2) is 79.1 Å². The molecule has 4 nitrogen and oxygen atoms in total. The molecule has 1 unspecified atom stereocenters. The van der Waals surface area contributed by atoms with Crippen LogP contribution in [-0.2, 0) is 16.0 Å². The van der Waals surface area contributed by atoms with Crippen LogP contribution in [-0.4, -0.2) is 21.8 Å². The Balaban J connectivity index is 1.88. The number of aliphatic carboxylic acids is 1. The van der Waals surface area contributed by atoms with E-state index in [0.29, 0.717) is 17.0 Å². The maximum Gasteiger partial charge on any atom is 0.307 e. The van der Waals surface area contributed by atoms with Crippen LogP contribution < -0.4 is 0 Å². The van der Waals surface area contributed by atoms with E-state index in [2.05, 4.69) is 17.1 Å². The van der Waals surface area contributed by atoms with Gasteiger partial charge in [-0.25, -0.2) is 0 Å². The number of pyridine rings is 1. The van der Waals surface area contributed by atoms with Gasteiger partial charge in [-0.1, -0.05) is 67.9 Å². The standard InChI is InChI=1S/C35H34ClNO3/c1-6-21(2)35(40)34(24(5)28-8-7-22(3)29(18-28)19-33(38)39)30-20-31(32(36)17-23(30)4)27-11-9-25(10-12-27)26-13-15-37-16-14-26/h7-18,20-21H,6,19H2,1-5H3,(H,38,39). The Hall–Kier alpha value is -4.02. The molecule has 40 heavy (non-hydrogen) atoms. The summed E-state index contributed by atoms with van der Waals surface area (Å²) in [5, 5.41) is 10.0. The van der Waals surface area contributed by atoms with Crippen LogP contribution in [0.5, 0.6) is 0 Å². The lowest BCUT2D eigenvalue weighted by atomic mass is 9.83. The molecule has 4 aromatic rings. The molecule has 1 heterocycles. The first-order valence-electron chi connectivity index (χ1n) is 13.5. The Bertz CT molecular complexity index is 1590. The summed E-state index contributed by atoms with van der Waals surface area (Å²) in [4.78, 5) is 29.5. The van der Waals surface area contributed by atoms with Crippen molar-refractivity contribution < 1.29 is 14.7 Å². The Morgan fingerprint density at radius 3 is 2.12 bits per heavy atom. The Morgan fingerprint density at radius 2 is 1.50 bits per heavy atom. The third-order valence-corrected chi connectivity index (χ3v) is 7.91. The molecule has 3 aromatic carbocycles. The van der Waals surface area contributed by atoms with E-state index in [4.69, 9.17) is 11.6 Å². The third-order valence-electron chi connectivity index (χ3n) is 7.60. The van der Waals surface area contributed by atoms with Gasteiger partial charge in [0.2, 0.25) is 0 Å². The summed E-state index contributed by atoms with van der Waals surface area (Å²) in [6.45, 7) is 9.78. The van der Waals surface area contributed by atoms with Gasteiger partial charge in [0.25, 0.3) is 0 Å². The monoisotopic (exact) mass is 551 g/mol. The Morgan fingerprint density at radius 1 is 0.875 bits per heavy atom. The molecule has 0 saturated heterocycles. The number of carbonyl (C=O) groups is 2. The number of hydrogen-bond donors (Lipinski definition) is 1. The predicted molar refractivity (Wildman–Crippen MR) is 164 cm³/mol. The number of Topliss-reactive ketones (excluding diaryl/α,β-unsaturated/α-hetero) is 1. The van der Waals surface area contributed by atoms with Gasteiger partial charge in [-0.3, -0.25) is 14.6 Å². The normalized spacial score (nSPS) is 12.6. The molecule has 1 atom stereocenters. The highest BCUT2D eigenvalue weighted by Crippen LogP contribution is 2.38. The summed E-state index contributed by atoms with van der Waals surface area (Å²) in [7, 11) is 0. The molecule has 0 saturated carbocycles. The zero-order valence-electron chi connectivity index (χ0n) is 23.6. The highest BCUT2D eigenvalue weighted by Gasteiger charge is 2.24. The van der Waals surface area contributed by atoms with Gasteiger partial charge in [-0.2, -0.15) is 0 Å². The fraction of sp³-hybridized carbons (Fsp3) is 0.229. The first-order valence-corrected chi connectivity index (χ1v) is 13.9. The fourth-order valence-corrected chi connectivity index (χ4v) is 5.23. The molecule has 0 radical (unpaired) electrons. The smallest absolute Gasteiger partial charge is 0.307 e. The van der Waals surface area contributed by atoms with Crippen molar-refractivity contribution in [2.24, 2.45) is 5.92 Å². The van der Waals surface area contributed by atoms with E-state index in [1.54, 1.807) is 12.4 Å². The highest BCUT2D eigenvalue weighted by molar-refractivity contribution is 6.34. The molecule has 0 spiro atoms. The van der Waals surface area contributed by atoms with Crippen molar-refractivity contribution in [1.82, 2.24) is 4.98 Å². The van der Waals surface area contributed by atoms with Crippen molar-refractivity contribution in [3.63, 3.8) is 0 Å². The van der Waals surface area contributed by atoms with E-state index in [-0.39, 0.29) is 18.1 Å². The van der Waals surface area contributed by atoms with Gasteiger partial charge in [-0.05, 0) is 102 Å². The fourth-order valence-electron chi connectivity index (χ4n) is 4.90. The summed E-state index contributed by atoms with van der Waals surface area (Å²) < 4.78 is 0. The molecule has 0 aliphatic rings. The van der Waals surface area contributed by atoms with Crippen molar-refractivity contribution in [3.8, 4) is 22.3 Å². The van der Waals surface area contributed by atoms with E-state index in [9.17, 15) is 14.7 Å². The minimum atomic E-state index is -0.883. The number of aryl methyl sites for hydroxylation is 2. The Labute approximate surface area is 241 Å². The lowest BCUT2D eigenvalue weighted by Crippen LogP contribution is -2.14. The van der Waals surface area contributed by atoms with Gasteiger partial charge >= 0.3 is 5.97 Å². The lowest BCUT2D eigenvalue weighted by Gasteiger charge is -2.20. The van der Waals surface area contributed by atoms with Crippen molar-refractivity contribution in [2.45, 2.75) is 47.5 Å². The van der Waals surface area contributed by atoms with Gasteiger partial charge < -0.3 is 5.11 Å². The van der Waals surface area contributed by atoms with E-state index >= 15 is 0 Å². The van der Waals surface area contributed by atoms with Crippen LogP contribution in [0, 0.1) is 19.8 Å². The first kappa shape index (κ1) is 29.0. The number of benzene rings is 3. The van der Waals surface area contributed by atoms with Gasteiger partial charge in [0.1, 0.15) is 0 Å². The van der Waals surface area contributed by atoms with E-state index in [1.807, 2.05) is 89.2 Å². The molecule has 0 fully saturated rings. The number of hydrogen-bond acceptors (Lipinski definition) is 3. The number of carboxylic acids is 1. The third kappa shape index (κ3) is 6.24. The van der Waals surface area contributed by atoms with Crippen LogP contribution in [0.25, 0.3) is 33.4 Å². The summed E-state index contributed by atoms with van der Waals surface area (Å²) >= 11 is 6.79. The lowest BCUT2D eigenvalue weighted by molar-refractivity contribution is -0.136. The molecule has 204 valence electrons. The molecule has 1 N–H and O–H groups in total. The Kier molecular flexibility index (Phi) is 9.01. The highest BCUT2D eigenvalue weighted by atomic mass is 35.5. The minimum absolute atomic E-state index is 0.0600. The summed E-state index contributed by atoms with van der Waals surface area (Å²) in [5.74, 6) is -0.997. The van der Waals surface area contributed by atoms with Crippen LogP contribution in [0.1, 0.15) is 55.0 Å². The van der Waals surface area contributed by atoms with E-state index < -0.39 is 5.97 Å². The van der Waals surface area contributed by atoms with Crippen LogP contribution in [0.4, 0.5) is 0 Å². The SMILES string of the molecule is CCC(C)C(=O)C(=C(C)c1ccc(C)c(CC(=O)O)c1)c1cc(-c2ccc(-c3ccncc3)cc2)c(Cl)cc1C. The number of rotatable bonds is 9. The van der Waals surface area contributed by atoms with Crippen molar-refractivity contribution in [2.75, 3.05) is 0 Å². The second kappa shape index (κ2) is 12.4. The largest absolute Gasteiger partial charge is 0.481 e. The number of carboxylic acid groups (broad SMARTS) is 1. The molecule has 0 aliphatic carbocycles. The number of allylic oxidation sites excluding steroid dienone is 2. The number of aromatic nitrogens is 1. The maximum absolute atomic E-state index is 13.9. The van der Waals surface area contributed by atoms with E-state index in [0.717, 1.165) is 55.6 Å². The average Bonchev–Trinajstić information content (AvgIpc) is 2.95. The summed E-state index contributed by atoms with van der Waals surface area (Å²) in [5.41, 5.74) is 9.66. The van der Waals surface area contributed by atoms with Crippen molar-refractivity contribution in [3.05, 3.63) is 112 Å². The molecule has 0 bridgehead atoms. The molecule has 4 rings (SSSR count). The molecular formula is C35H34ClNO3. The number of halogens is 1. The number of carbonyl (C=O) groups excluding carboxylic acids is 1. The second-order valence-corrected chi connectivity index (χ2v) is 10.8. The molecule has 1 aromatic heterocycles. The number of nitrogens with zero attached hydrogens (tertiary/aromatic N) is 1.